The predicted octanol–water partition coefficient (Wildman–Crippen LogP) is 2.77. The average Bonchev–Trinajstić information content (AvgIpc) is 2.67. The molecule has 0 saturated carbocycles. The molecule has 1 N–H and O–H groups in total. The molecule has 1 aliphatic heterocycles. The van der Waals surface area contributed by atoms with Gasteiger partial charge in [0.1, 0.15) is 18.2 Å². The molecule has 6 nitrogen and oxygen atoms in total. The van der Waals surface area contributed by atoms with E-state index < -0.39 is 0 Å². The van der Waals surface area contributed by atoms with E-state index in [1.54, 1.807) is 16.7 Å². The van der Waals surface area contributed by atoms with Crippen molar-refractivity contribution in [3.63, 3.8) is 0 Å². The van der Waals surface area contributed by atoms with Crippen LogP contribution in [0.3, 0.4) is 0 Å². The molecule has 1 atom stereocenters. The number of hydrogen-bond donors (Lipinski definition) is 1. The zero-order chi connectivity index (χ0) is 19.4. The fourth-order valence-electron chi connectivity index (χ4n) is 3.06. The first kappa shape index (κ1) is 19.1. The third-order valence-corrected chi connectivity index (χ3v) is 5.58. The molecule has 0 bridgehead atoms. The molecule has 2 heterocycles. The van der Waals surface area contributed by atoms with Crippen LogP contribution in [-0.2, 0) is 11.8 Å². The fourth-order valence-corrected chi connectivity index (χ4v) is 3.88. The maximum absolute atomic E-state index is 12.8. The summed E-state index contributed by atoms with van der Waals surface area (Å²) in [6.45, 7) is 2.26. The summed E-state index contributed by atoms with van der Waals surface area (Å²) in [5.41, 5.74) is 1.10. The Labute approximate surface area is 162 Å². The number of thioether (sulfide) groups is 1. The number of aromatic nitrogens is 2. The SMILES string of the molecule is C#CCOc1ccc([C@@H]2CC(=O)Nc3c2c(=O)nc(SCCC)n3C)cc1. The number of hydrogen-bond acceptors (Lipinski definition) is 5. The second-order valence-electron chi connectivity index (χ2n) is 6.24. The summed E-state index contributed by atoms with van der Waals surface area (Å²) in [6.07, 6.45) is 6.38. The molecular formula is C20H21N3O3S. The van der Waals surface area contributed by atoms with Crippen LogP contribution in [0.25, 0.3) is 0 Å². The lowest BCUT2D eigenvalue weighted by molar-refractivity contribution is -0.116. The van der Waals surface area contributed by atoms with Gasteiger partial charge in [-0.3, -0.25) is 9.59 Å². The molecule has 0 aliphatic carbocycles. The number of benzene rings is 1. The monoisotopic (exact) mass is 383 g/mol. The van der Waals surface area contributed by atoms with Gasteiger partial charge in [-0.15, -0.1) is 6.42 Å². The Hall–Kier alpha value is -2.72. The quantitative estimate of drug-likeness (QED) is 0.472. The van der Waals surface area contributed by atoms with Crippen molar-refractivity contribution in [3.05, 3.63) is 45.7 Å². The van der Waals surface area contributed by atoms with E-state index in [9.17, 15) is 9.59 Å². The van der Waals surface area contributed by atoms with Crippen LogP contribution in [0.2, 0.25) is 0 Å². The lowest BCUT2D eigenvalue weighted by atomic mass is 9.87. The number of carbonyl (C=O) groups excluding carboxylic acids is 1. The summed E-state index contributed by atoms with van der Waals surface area (Å²) < 4.78 is 7.18. The molecule has 1 aromatic heterocycles. The standard InChI is InChI=1S/C20H21N3O3S/c1-4-10-26-14-8-6-13(7-9-14)15-12-16(24)21-18-17(15)19(25)22-20(23(18)3)27-11-5-2/h1,6-9,15H,5,10-12H2,2-3H3,(H,21,24)/t15-/m0/s1. The average molecular weight is 383 g/mol. The molecule has 27 heavy (non-hydrogen) atoms. The van der Waals surface area contributed by atoms with Gasteiger partial charge in [0.2, 0.25) is 5.91 Å². The lowest BCUT2D eigenvalue weighted by Crippen LogP contribution is -2.33. The van der Waals surface area contributed by atoms with Crippen LogP contribution in [0.1, 0.15) is 36.8 Å². The van der Waals surface area contributed by atoms with Crippen LogP contribution >= 0.6 is 11.8 Å². The third-order valence-electron chi connectivity index (χ3n) is 4.34. The van der Waals surface area contributed by atoms with Crippen molar-refractivity contribution in [2.24, 2.45) is 7.05 Å². The van der Waals surface area contributed by atoms with E-state index in [2.05, 4.69) is 23.1 Å². The van der Waals surface area contributed by atoms with E-state index in [-0.39, 0.29) is 30.4 Å². The van der Waals surface area contributed by atoms with Crippen LogP contribution in [0.4, 0.5) is 5.82 Å². The van der Waals surface area contributed by atoms with E-state index in [1.165, 1.54) is 11.8 Å². The van der Waals surface area contributed by atoms with Crippen molar-refractivity contribution in [1.29, 1.82) is 0 Å². The molecule has 2 aromatic rings. The molecule has 1 aromatic carbocycles. The summed E-state index contributed by atoms with van der Waals surface area (Å²) in [7, 11) is 1.82. The van der Waals surface area contributed by atoms with E-state index in [0.717, 1.165) is 17.7 Å². The number of rotatable bonds is 6. The highest BCUT2D eigenvalue weighted by Gasteiger charge is 2.32. The van der Waals surface area contributed by atoms with Gasteiger partial charge in [-0.25, -0.2) is 0 Å². The predicted molar refractivity (Wildman–Crippen MR) is 106 cm³/mol. The third kappa shape index (κ3) is 4.01. The highest BCUT2D eigenvalue weighted by atomic mass is 32.2. The lowest BCUT2D eigenvalue weighted by Gasteiger charge is -2.27. The topological polar surface area (TPSA) is 73.2 Å². The summed E-state index contributed by atoms with van der Waals surface area (Å²) in [5.74, 6) is 3.99. The van der Waals surface area contributed by atoms with Crippen molar-refractivity contribution in [3.8, 4) is 18.1 Å². The Kier molecular flexibility index (Phi) is 5.87. The van der Waals surface area contributed by atoms with Crippen LogP contribution in [-0.4, -0.2) is 27.8 Å². The van der Waals surface area contributed by atoms with Crippen LogP contribution in [0, 0.1) is 12.3 Å². The van der Waals surface area contributed by atoms with E-state index in [1.807, 2.05) is 19.2 Å². The van der Waals surface area contributed by atoms with Crippen molar-refractivity contribution in [2.45, 2.75) is 30.8 Å². The van der Waals surface area contributed by atoms with Gasteiger partial charge in [0, 0.05) is 25.1 Å². The summed E-state index contributed by atoms with van der Waals surface area (Å²) in [4.78, 5) is 29.3. The molecule has 0 radical (unpaired) electrons. The Morgan fingerprint density at radius 1 is 1.37 bits per heavy atom. The van der Waals surface area contributed by atoms with Crippen LogP contribution < -0.4 is 15.6 Å². The normalized spacial score (nSPS) is 15.6. The highest BCUT2D eigenvalue weighted by Crippen LogP contribution is 2.36. The molecule has 0 spiro atoms. The van der Waals surface area contributed by atoms with Crippen molar-refractivity contribution in [1.82, 2.24) is 9.55 Å². The second kappa shape index (κ2) is 8.31. The molecule has 1 amide bonds. The summed E-state index contributed by atoms with van der Waals surface area (Å²) in [5, 5.41) is 3.46. The molecule has 0 fully saturated rings. The van der Waals surface area contributed by atoms with Gasteiger partial charge in [-0.05, 0) is 24.1 Å². The number of nitrogens with one attached hydrogen (secondary N) is 1. The van der Waals surface area contributed by atoms with Gasteiger partial charge >= 0.3 is 0 Å². The smallest absolute Gasteiger partial charge is 0.279 e. The first-order valence-electron chi connectivity index (χ1n) is 8.75. The second-order valence-corrected chi connectivity index (χ2v) is 7.30. The van der Waals surface area contributed by atoms with Crippen molar-refractivity contribution < 1.29 is 9.53 Å². The molecule has 3 rings (SSSR count). The van der Waals surface area contributed by atoms with Crippen molar-refractivity contribution in [2.75, 3.05) is 17.7 Å². The largest absolute Gasteiger partial charge is 0.481 e. The minimum absolute atomic E-state index is 0.118. The first-order chi connectivity index (χ1) is 13.0. The van der Waals surface area contributed by atoms with Crippen LogP contribution in [0.15, 0.2) is 34.2 Å². The minimum atomic E-state index is -0.341. The Bertz CT molecular complexity index is 945. The van der Waals surface area contributed by atoms with Gasteiger partial charge in [-0.2, -0.15) is 4.98 Å². The summed E-state index contributed by atoms with van der Waals surface area (Å²) >= 11 is 1.51. The molecular weight excluding hydrogens is 362 g/mol. The van der Waals surface area contributed by atoms with Gasteiger partial charge in [0.25, 0.3) is 5.56 Å². The van der Waals surface area contributed by atoms with Gasteiger partial charge in [0.05, 0.1) is 5.56 Å². The number of carbonyl (C=O) groups is 1. The Balaban J connectivity index is 2.01. The van der Waals surface area contributed by atoms with E-state index >= 15 is 0 Å². The highest BCUT2D eigenvalue weighted by molar-refractivity contribution is 7.99. The maximum atomic E-state index is 12.8. The molecule has 140 valence electrons. The molecule has 0 saturated heterocycles. The minimum Gasteiger partial charge on any atom is -0.481 e. The number of terminal acetylenes is 1. The maximum Gasteiger partial charge on any atom is 0.279 e. The molecule has 0 unspecified atom stereocenters. The fraction of sp³-hybridized carbons (Fsp3) is 0.350. The summed E-state index contributed by atoms with van der Waals surface area (Å²) in [6, 6.07) is 7.31. The zero-order valence-corrected chi connectivity index (χ0v) is 16.1. The number of anilines is 1. The zero-order valence-electron chi connectivity index (χ0n) is 15.3. The van der Waals surface area contributed by atoms with Gasteiger partial charge in [0.15, 0.2) is 5.16 Å². The van der Waals surface area contributed by atoms with E-state index in [4.69, 9.17) is 11.2 Å². The van der Waals surface area contributed by atoms with Gasteiger partial charge in [-0.1, -0.05) is 36.7 Å². The molecule has 7 heteroatoms. The Morgan fingerprint density at radius 2 is 2.11 bits per heavy atom. The van der Waals surface area contributed by atoms with Crippen molar-refractivity contribution >= 4 is 23.5 Å². The number of ether oxygens (including phenoxy) is 1. The molecule has 1 aliphatic rings. The van der Waals surface area contributed by atoms with Crippen LogP contribution in [0.5, 0.6) is 5.75 Å². The van der Waals surface area contributed by atoms with Gasteiger partial charge < -0.3 is 14.6 Å². The number of nitrogens with zero attached hydrogens (tertiary/aromatic N) is 2. The number of amides is 1. The first-order valence-corrected chi connectivity index (χ1v) is 9.73. The Morgan fingerprint density at radius 3 is 2.78 bits per heavy atom. The van der Waals surface area contributed by atoms with E-state index in [0.29, 0.717) is 22.3 Å². The number of fused-ring (bicyclic) bond motifs is 1.